The minimum Gasteiger partial charge on any atom is -0.477 e. The van der Waals surface area contributed by atoms with Crippen LogP contribution >= 0.6 is 0 Å². The van der Waals surface area contributed by atoms with E-state index >= 15 is 0 Å². The molecule has 26 heavy (non-hydrogen) atoms. The van der Waals surface area contributed by atoms with Gasteiger partial charge in [0.25, 0.3) is 10.0 Å². The van der Waals surface area contributed by atoms with E-state index < -0.39 is 43.9 Å². The summed E-state index contributed by atoms with van der Waals surface area (Å²) in [6.07, 6.45) is 3.90. The molecule has 2 N–H and O–H groups in total. The fourth-order valence-electron chi connectivity index (χ4n) is 2.05. The molecule has 3 rings (SSSR count). The lowest BCUT2D eigenvalue weighted by Gasteiger charge is -2.09. The van der Waals surface area contributed by atoms with E-state index in [1.165, 1.54) is 29.6 Å². The van der Waals surface area contributed by atoms with Gasteiger partial charge in [-0.1, -0.05) is 0 Å². The molecule has 0 atom stereocenters. The zero-order valence-corrected chi connectivity index (χ0v) is 13.5. The first-order valence-corrected chi connectivity index (χ1v) is 8.32. The lowest BCUT2D eigenvalue weighted by Crippen LogP contribution is -2.16. The van der Waals surface area contributed by atoms with Crippen LogP contribution in [0, 0.1) is 11.6 Å². The molecule has 1 aromatic carbocycles. The first kappa shape index (κ1) is 17.4. The summed E-state index contributed by atoms with van der Waals surface area (Å²) in [5, 5.41) is 12.2. The van der Waals surface area contributed by atoms with Crippen molar-refractivity contribution in [2.45, 2.75) is 5.03 Å². The lowest BCUT2D eigenvalue weighted by atomic mass is 10.2. The summed E-state index contributed by atoms with van der Waals surface area (Å²) in [6.45, 7) is 0. The number of anilines is 1. The zero-order chi connectivity index (χ0) is 18.9. The molecule has 134 valence electrons. The monoisotopic (exact) mass is 381 g/mol. The molecule has 0 spiro atoms. The smallest absolute Gasteiger partial charge is 0.341 e. The van der Waals surface area contributed by atoms with E-state index in [-0.39, 0.29) is 0 Å². The largest absolute Gasteiger partial charge is 0.477 e. The van der Waals surface area contributed by atoms with Gasteiger partial charge >= 0.3 is 5.97 Å². The first-order valence-electron chi connectivity index (χ1n) is 6.84. The van der Waals surface area contributed by atoms with Crippen LogP contribution < -0.4 is 4.72 Å². The number of sulfonamides is 1. The summed E-state index contributed by atoms with van der Waals surface area (Å²) in [7, 11) is -4.25. The van der Waals surface area contributed by atoms with Gasteiger partial charge in [-0.25, -0.2) is 28.2 Å². The second kappa shape index (κ2) is 6.48. The summed E-state index contributed by atoms with van der Waals surface area (Å²) < 4.78 is 55.2. The predicted molar refractivity (Wildman–Crippen MR) is 83.3 cm³/mol. The number of rotatable bonds is 5. The van der Waals surface area contributed by atoms with Crippen molar-refractivity contribution >= 4 is 21.7 Å². The van der Waals surface area contributed by atoms with E-state index in [1.807, 2.05) is 4.72 Å². The Morgan fingerprint density at radius 1 is 1.19 bits per heavy atom. The Labute approximate surface area is 145 Å². The molecule has 12 heteroatoms. The molecule has 0 amide bonds. The van der Waals surface area contributed by atoms with Gasteiger partial charge in [-0.3, -0.25) is 4.72 Å². The van der Waals surface area contributed by atoms with Gasteiger partial charge in [0, 0.05) is 0 Å². The summed E-state index contributed by atoms with van der Waals surface area (Å²) >= 11 is 0. The van der Waals surface area contributed by atoms with E-state index in [9.17, 15) is 22.0 Å². The molecule has 0 saturated heterocycles. The third-order valence-electron chi connectivity index (χ3n) is 3.19. The van der Waals surface area contributed by atoms with E-state index in [0.717, 1.165) is 6.07 Å². The number of carboxylic acid groups (broad SMARTS) is 1. The molecular weight excluding hydrogens is 372 g/mol. The number of hydrogen-bond donors (Lipinski definition) is 2. The van der Waals surface area contributed by atoms with Gasteiger partial charge in [0.05, 0.1) is 17.6 Å². The van der Waals surface area contributed by atoms with E-state index in [4.69, 9.17) is 5.11 Å². The standard InChI is InChI=1S/C14H9F2N5O4S/c15-10-3-8(4-11(16)13(10)14(22)23)20-26(24,25)12-2-1-9(5-18-12)21-7-17-6-19-21/h1-7,20H,(H,22,23). The van der Waals surface area contributed by atoms with Crippen LogP contribution in [0.15, 0.2) is 48.1 Å². The number of aromatic carboxylic acids is 1. The number of halogens is 2. The molecule has 0 fully saturated rings. The minimum atomic E-state index is -4.25. The predicted octanol–water partition coefficient (Wildman–Crippen LogP) is 1.44. The number of nitrogens with zero attached hydrogens (tertiary/aromatic N) is 4. The van der Waals surface area contributed by atoms with Crippen molar-refractivity contribution in [1.82, 2.24) is 19.7 Å². The maximum atomic E-state index is 13.7. The van der Waals surface area contributed by atoms with Crippen molar-refractivity contribution in [3.8, 4) is 5.69 Å². The van der Waals surface area contributed by atoms with Crippen LogP contribution in [-0.4, -0.2) is 39.2 Å². The van der Waals surface area contributed by atoms with Gasteiger partial charge in [-0.2, -0.15) is 13.5 Å². The average molecular weight is 381 g/mol. The Morgan fingerprint density at radius 3 is 2.38 bits per heavy atom. The number of carboxylic acids is 1. The van der Waals surface area contributed by atoms with Gasteiger partial charge < -0.3 is 5.11 Å². The fourth-order valence-corrected chi connectivity index (χ4v) is 3.02. The summed E-state index contributed by atoms with van der Waals surface area (Å²) in [5.41, 5.74) is -1.21. The Kier molecular flexibility index (Phi) is 4.34. The highest BCUT2D eigenvalue weighted by atomic mass is 32.2. The van der Waals surface area contributed by atoms with E-state index in [1.54, 1.807) is 0 Å². The molecule has 0 saturated carbocycles. The normalized spacial score (nSPS) is 11.3. The van der Waals surface area contributed by atoms with Crippen molar-refractivity contribution < 1.29 is 27.1 Å². The zero-order valence-electron chi connectivity index (χ0n) is 12.7. The molecule has 2 heterocycles. The molecule has 0 bridgehead atoms. The maximum Gasteiger partial charge on any atom is 0.341 e. The number of pyridine rings is 1. The summed E-state index contributed by atoms with van der Waals surface area (Å²) in [4.78, 5) is 18.3. The van der Waals surface area contributed by atoms with Gasteiger partial charge in [-0.15, -0.1) is 0 Å². The molecule has 2 aromatic heterocycles. The van der Waals surface area contributed by atoms with Crippen LogP contribution in [0.4, 0.5) is 14.5 Å². The highest BCUT2D eigenvalue weighted by Gasteiger charge is 2.21. The molecule has 0 aliphatic carbocycles. The Hall–Kier alpha value is -3.41. The van der Waals surface area contributed by atoms with Gasteiger partial charge in [-0.05, 0) is 24.3 Å². The van der Waals surface area contributed by atoms with Crippen molar-refractivity contribution in [2.24, 2.45) is 0 Å². The second-order valence-electron chi connectivity index (χ2n) is 4.92. The third-order valence-corrected chi connectivity index (χ3v) is 4.48. The molecule has 9 nitrogen and oxygen atoms in total. The lowest BCUT2D eigenvalue weighted by molar-refractivity contribution is 0.0686. The SMILES string of the molecule is O=C(O)c1c(F)cc(NS(=O)(=O)c2ccc(-n3cncn3)cn2)cc1F. The number of hydrogen-bond acceptors (Lipinski definition) is 6. The molecule has 0 aliphatic rings. The Balaban J connectivity index is 1.88. The fraction of sp³-hybridized carbons (Fsp3) is 0. The number of carbonyl (C=O) groups is 1. The van der Waals surface area contributed by atoms with Gasteiger partial charge in [0.1, 0.15) is 29.9 Å². The average Bonchev–Trinajstić information content (AvgIpc) is 3.08. The molecule has 3 aromatic rings. The maximum absolute atomic E-state index is 13.7. The van der Waals surface area contributed by atoms with Crippen LogP contribution in [0.5, 0.6) is 0 Å². The third kappa shape index (κ3) is 3.35. The topological polar surface area (TPSA) is 127 Å². The Bertz CT molecular complexity index is 1050. The molecule has 0 radical (unpaired) electrons. The van der Waals surface area contributed by atoms with Crippen LogP contribution in [0.3, 0.4) is 0 Å². The van der Waals surface area contributed by atoms with E-state index in [0.29, 0.717) is 17.8 Å². The van der Waals surface area contributed by atoms with Gasteiger partial charge in [0.2, 0.25) is 0 Å². The van der Waals surface area contributed by atoms with Crippen LogP contribution in [0.25, 0.3) is 5.69 Å². The first-order chi connectivity index (χ1) is 12.3. The van der Waals surface area contributed by atoms with Crippen LogP contribution in [-0.2, 0) is 10.0 Å². The Morgan fingerprint density at radius 2 is 1.88 bits per heavy atom. The molecule has 0 unspecified atom stereocenters. The van der Waals surface area contributed by atoms with Crippen molar-refractivity contribution in [3.05, 3.63) is 60.3 Å². The molecule has 0 aliphatic heterocycles. The van der Waals surface area contributed by atoms with Crippen molar-refractivity contribution in [3.63, 3.8) is 0 Å². The van der Waals surface area contributed by atoms with Crippen molar-refractivity contribution in [1.29, 1.82) is 0 Å². The van der Waals surface area contributed by atoms with Crippen molar-refractivity contribution in [2.75, 3.05) is 4.72 Å². The minimum absolute atomic E-state index is 0.413. The number of nitrogens with one attached hydrogen (secondary N) is 1. The van der Waals surface area contributed by atoms with Gasteiger partial charge in [0.15, 0.2) is 5.03 Å². The summed E-state index contributed by atoms with van der Waals surface area (Å²) in [5.74, 6) is -4.63. The quantitative estimate of drug-likeness (QED) is 0.684. The number of benzene rings is 1. The number of aromatic nitrogens is 4. The van der Waals surface area contributed by atoms with E-state index in [2.05, 4.69) is 15.1 Å². The highest BCUT2D eigenvalue weighted by molar-refractivity contribution is 7.92. The second-order valence-corrected chi connectivity index (χ2v) is 6.55. The van der Waals surface area contributed by atoms with Crippen LogP contribution in [0.2, 0.25) is 0 Å². The highest BCUT2D eigenvalue weighted by Crippen LogP contribution is 2.21. The van der Waals surface area contributed by atoms with Crippen LogP contribution in [0.1, 0.15) is 10.4 Å². The molecular formula is C14H9F2N5O4S. The summed E-state index contributed by atoms with van der Waals surface area (Å²) in [6, 6.07) is 3.70.